The van der Waals surface area contributed by atoms with E-state index in [1.807, 2.05) is 6.92 Å². The van der Waals surface area contributed by atoms with Crippen molar-refractivity contribution in [2.45, 2.75) is 63.8 Å². The first kappa shape index (κ1) is 18.0. The molecule has 0 saturated heterocycles. The summed E-state index contributed by atoms with van der Waals surface area (Å²) >= 11 is 0. The zero-order valence-corrected chi connectivity index (χ0v) is 14.6. The van der Waals surface area contributed by atoms with Gasteiger partial charge in [-0.1, -0.05) is 50.8 Å². The fourth-order valence-electron chi connectivity index (χ4n) is 3.09. The molecule has 0 spiro atoms. The van der Waals surface area contributed by atoms with Crippen molar-refractivity contribution in [3.8, 4) is 5.75 Å². The van der Waals surface area contributed by atoms with Gasteiger partial charge in [0.05, 0.1) is 13.2 Å². The minimum absolute atomic E-state index is 0.00585. The maximum Gasteiger partial charge on any atom is 0.119 e. The van der Waals surface area contributed by atoms with Gasteiger partial charge >= 0.3 is 0 Å². The average Bonchev–Trinajstić information content (AvgIpc) is 2.92. The molecule has 1 aliphatic carbocycles. The van der Waals surface area contributed by atoms with E-state index in [1.54, 1.807) is 0 Å². The van der Waals surface area contributed by atoms with Gasteiger partial charge in [0.1, 0.15) is 5.75 Å². The zero-order valence-electron chi connectivity index (χ0n) is 14.6. The van der Waals surface area contributed by atoms with Crippen molar-refractivity contribution >= 4 is 6.08 Å². The SMILES string of the molecule is CCCCCCCOc1ccc2c(c1)C=CC2CC(C)(N)CO. The first-order chi connectivity index (χ1) is 11.1. The highest BCUT2D eigenvalue weighted by Gasteiger charge is 2.26. The molecule has 23 heavy (non-hydrogen) atoms. The molecule has 0 heterocycles. The summed E-state index contributed by atoms with van der Waals surface area (Å²) in [5.41, 5.74) is 8.05. The summed E-state index contributed by atoms with van der Waals surface area (Å²) in [5, 5.41) is 9.35. The molecule has 1 aromatic rings. The third-order valence-electron chi connectivity index (χ3n) is 4.53. The van der Waals surface area contributed by atoms with Crippen LogP contribution in [0, 0.1) is 0 Å². The number of aliphatic hydroxyl groups is 1. The van der Waals surface area contributed by atoms with Gasteiger partial charge in [0.25, 0.3) is 0 Å². The van der Waals surface area contributed by atoms with Crippen molar-refractivity contribution in [3.63, 3.8) is 0 Å². The number of aliphatic hydroxyl groups excluding tert-OH is 1. The first-order valence-corrected chi connectivity index (χ1v) is 8.90. The van der Waals surface area contributed by atoms with E-state index in [1.165, 1.54) is 36.8 Å². The lowest BCUT2D eigenvalue weighted by atomic mass is 9.87. The van der Waals surface area contributed by atoms with Crippen LogP contribution in [0.3, 0.4) is 0 Å². The lowest BCUT2D eigenvalue weighted by Crippen LogP contribution is -2.41. The van der Waals surface area contributed by atoms with Gasteiger partial charge in [-0.05, 0) is 43.0 Å². The van der Waals surface area contributed by atoms with Crippen molar-refractivity contribution in [1.82, 2.24) is 0 Å². The smallest absolute Gasteiger partial charge is 0.119 e. The van der Waals surface area contributed by atoms with Gasteiger partial charge in [-0.3, -0.25) is 0 Å². The molecule has 0 radical (unpaired) electrons. The van der Waals surface area contributed by atoms with Crippen LogP contribution in [-0.2, 0) is 0 Å². The number of hydrogen-bond acceptors (Lipinski definition) is 3. The van der Waals surface area contributed by atoms with Crippen molar-refractivity contribution in [2.24, 2.45) is 5.73 Å². The normalized spacial score (nSPS) is 18.7. The molecular weight excluding hydrogens is 286 g/mol. The minimum atomic E-state index is -0.537. The molecule has 0 saturated carbocycles. The summed E-state index contributed by atoms with van der Waals surface area (Å²) in [6.45, 7) is 4.93. The Kier molecular flexibility index (Phi) is 6.67. The van der Waals surface area contributed by atoms with Crippen molar-refractivity contribution < 1.29 is 9.84 Å². The Hall–Kier alpha value is -1.32. The second kappa shape index (κ2) is 8.51. The molecule has 0 amide bonds. The van der Waals surface area contributed by atoms with Crippen LogP contribution in [-0.4, -0.2) is 23.9 Å². The minimum Gasteiger partial charge on any atom is -0.494 e. The van der Waals surface area contributed by atoms with Gasteiger partial charge in [0, 0.05) is 11.5 Å². The Balaban J connectivity index is 1.85. The van der Waals surface area contributed by atoms with Crippen LogP contribution in [0.5, 0.6) is 5.75 Å². The molecule has 2 unspecified atom stereocenters. The quantitative estimate of drug-likeness (QED) is 0.634. The van der Waals surface area contributed by atoms with Gasteiger partial charge in [-0.2, -0.15) is 0 Å². The summed E-state index contributed by atoms with van der Waals surface area (Å²) < 4.78 is 5.87. The van der Waals surface area contributed by atoms with E-state index in [-0.39, 0.29) is 12.5 Å². The number of unbranched alkanes of at least 4 members (excludes halogenated alkanes) is 4. The number of allylic oxidation sites excluding steroid dienone is 1. The Labute approximate surface area is 140 Å². The standard InChI is InChI=1S/C20H31NO2/c1-3-4-5-6-7-12-23-18-10-11-19-16(13-18)8-9-17(19)14-20(2,21)15-22/h8-11,13,17,22H,3-7,12,14-15,21H2,1-2H3. The highest BCUT2D eigenvalue weighted by atomic mass is 16.5. The molecule has 128 valence electrons. The van der Waals surface area contributed by atoms with Crippen molar-refractivity contribution in [2.75, 3.05) is 13.2 Å². The highest BCUT2D eigenvalue weighted by molar-refractivity contribution is 5.64. The molecule has 0 aliphatic heterocycles. The second-order valence-electron chi connectivity index (χ2n) is 7.04. The summed E-state index contributed by atoms with van der Waals surface area (Å²) in [6.07, 6.45) is 11.3. The van der Waals surface area contributed by atoms with Gasteiger partial charge in [0.2, 0.25) is 0 Å². The summed E-state index contributed by atoms with van der Waals surface area (Å²) in [7, 11) is 0. The van der Waals surface area contributed by atoms with Crippen LogP contribution >= 0.6 is 0 Å². The molecule has 2 atom stereocenters. The summed E-state index contributed by atoms with van der Waals surface area (Å²) in [5.74, 6) is 1.23. The van der Waals surface area contributed by atoms with Gasteiger partial charge in [-0.25, -0.2) is 0 Å². The molecule has 1 aliphatic rings. The fourth-order valence-corrected chi connectivity index (χ4v) is 3.09. The van der Waals surface area contributed by atoms with E-state index in [0.717, 1.165) is 25.2 Å². The molecule has 3 heteroatoms. The zero-order chi connectivity index (χ0) is 16.7. The largest absolute Gasteiger partial charge is 0.494 e. The maximum atomic E-state index is 9.35. The van der Waals surface area contributed by atoms with Gasteiger partial charge in [-0.15, -0.1) is 0 Å². The lowest BCUT2D eigenvalue weighted by Gasteiger charge is -2.25. The lowest BCUT2D eigenvalue weighted by molar-refractivity contribution is 0.197. The third kappa shape index (κ3) is 5.36. The molecule has 1 aromatic carbocycles. The van der Waals surface area contributed by atoms with E-state index < -0.39 is 5.54 Å². The predicted octanol–water partition coefficient (Wildman–Crippen LogP) is 4.25. The Morgan fingerprint density at radius 3 is 2.74 bits per heavy atom. The molecule has 3 N–H and O–H groups in total. The van der Waals surface area contributed by atoms with E-state index >= 15 is 0 Å². The third-order valence-corrected chi connectivity index (χ3v) is 4.53. The van der Waals surface area contributed by atoms with E-state index in [2.05, 4.69) is 37.3 Å². The van der Waals surface area contributed by atoms with Crippen LogP contribution < -0.4 is 10.5 Å². The van der Waals surface area contributed by atoms with Crippen LogP contribution in [0.25, 0.3) is 6.08 Å². The number of hydrogen-bond donors (Lipinski definition) is 2. The predicted molar refractivity (Wildman–Crippen MR) is 96.8 cm³/mol. The Morgan fingerprint density at radius 2 is 2.00 bits per heavy atom. The molecular formula is C20H31NO2. The fraction of sp³-hybridized carbons (Fsp3) is 0.600. The molecule has 2 rings (SSSR count). The van der Waals surface area contributed by atoms with Crippen LogP contribution in [0.2, 0.25) is 0 Å². The van der Waals surface area contributed by atoms with E-state index in [0.29, 0.717) is 0 Å². The number of ether oxygens (including phenoxy) is 1. The van der Waals surface area contributed by atoms with Gasteiger partial charge < -0.3 is 15.6 Å². The van der Waals surface area contributed by atoms with Crippen LogP contribution in [0.1, 0.15) is 69.4 Å². The topological polar surface area (TPSA) is 55.5 Å². The maximum absolute atomic E-state index is 9.35. The van der Waals surface area contributed by atoms with Crippen LogP contribution in [0.15, 0.2) is 24.3 Å². The average molecular weight is 317 g/mol. The number of nitrogens with two attached hydrogens (primary N) is 1. The summed E-state index contributed by atoms with van der Waals surface area (Å²) in [4.78, 5) is 0. The van der Waals surface area contributed by atoms with E-state index in [9.17, 15) is 5.11 Å². The monoisotopic (exact) mass is 317 g/mol. The number of fused-ring (bicyclic) bond motifs is 1. The van der Waals surface area contributed by atoms with Crippen LogP contribution in [0.4, 0.5) is 0 Å². The summed E-state index contributed by atoms with van der Waals surface area (Å²) in [6, 6.07) is 6.31. The molecule has 3 nitrogen and oxygen atoms in total. The number of rotatable bonds is 10. The van der Waals surface area contributed by atoms with E-state index in [4.69, 9.17) is 10.5 Å². The second-order valence-corrected chi connectivity index (χ2v) is 7.04. The highest BCUT2D eigenvalue weighted by Crippen LogP contribution is 2.36. The Bertz CT molecular complexity index is 522. The molecule has 0 bridgehead atoms. The molecule has 0 fully saturated rings. The van der Waals surface area contributed by atoms with Gasteiger partial charge in [0.15, 0.2) is 0 Å². The van der Waals surface area contributed by atoms with Crippen molar-refractivity contribution in [3.05, 3.63) is 35.4 Å². The van der Waals surface area contributed by atoms with Crippen molar-refractivity contribution in [1.29, 1.82) is 0 Å². The first-order valence-electron chi connectivity index (χ1n) is 8.90. The molecule has 0 aromatic heterocycles. The Morgan fingerprint density at radius 1 is 1.22 bits per heavy atom. The number of benzene rings is 1.